The fourth-order valence-electron chi connectivity index (χ4n) is 4.01. The van der Waals surface area contributed by atoms with Gasteiger partial charge in [0, 0.05) is 32.6 Å². The number of benzene rings is 1. The number of piperidine rings is 1. The van der Waals surface area contributed by atoms with E-state index < -0.39 is 12.1 Å². The zero-order valence-electron chi connectivity index (χ0n) is 16.4. The molecule has 1 amide bonds. The summed E-state index contributed by atoms with van der Waals surface area (Å²) in [6.07, 6.45) is 1.01. The highest BCUT2D eigenvalue weighted by Crippen LogP contribution is 2.22. The van der Waals surface area contributed by atoms with Crippen LogP contribution in [0.4, 0.5) is 0 Å². The van der Waals surface area contributed by atoms with Gasteiger partial charge in [0.1, 0.15) is 5.92 Å². The summed E-state index contributed by atoms with van der Waals surface area (Å²) in [6.45, 7) is 3.63. The van der Waals surface area contributed by atoms with Crippen molar-refractivity contribution in [3.8, 4) is 12.1 Å². The number of carbonyl (C=O) groups excluding carboxylic acids is 1. The van der Waals surface area contributed by atoms with Crippen molar-refractivity contribution < 1.29 is 9.55 Å². The number of amides is 1. The topological polar surface area (TPSA) is 130 Å². The summed E-state index contributed by atoms with van der Waals surface area (Å²) in [5.41, 5.74) is 1.52. The molecular formula is C21H22N5O3+. The molecule has 29 heavy (non-hydrogen) atoms. The Morgan fingerprint density at radius 1 is 1.38 bits per heavy atom. The zero-order chi connectivity index (χ0) is 21.1. The van der Waals surface area contributed by atoms with Gasteiger partial charge in [-0.15, -0.1) is 0 Å². The maximum absolute atomic E-state index is 12.6. The van der Waals surface area contributed by atoms with Gasteiger partial charge in [0.25, 0.3) is 5.56 Å². The van der Waals surface area contributed by atoms with Crippen molar-refractivity contribution in [2.24, 2.45) is 5.92 Å². The van der Waals surface area contributed by atoms with E-state index in [4.69, 9.17) is 5.26 Å². The zero-order valence-corrected chi connectivity index (χ0v) is 16.4. The second kappa shape index (κ2) is 8.24. The fourth-order valence-corrected chi connectivity index (χ4v) is 4.01. The first-order valence-electron chi connectivity index (χ1n) is 9.53. The number of fused-ring (bicyclic) bond motifs is 1. The number of aromatic nitrogens is 1. The van der Waals surface area contributed by atoms with Crippen LogP contribution in [0.15, 0.2) is 23.0 Å². The van der Waals surface area contributed by atoms with Crippen LogP contribution in [0.3, 0.4) is 0 Å². The molecule has 3 rings (SSSR count). The second-order valence-electron chi connectivity index (χ2n) is 7.50. The van der Waals surface area contributed by atoms with E-state index in [2.05, 4.69) is 22.4 Å². The molecule has 0 aliphatic carbocycles. The van der Waals surface area contributed by atoms with Gasteiger partial charge in [0.05, 0.1) is 30.2 Å². The number of hydrogen-bond donors (Lipinski definition) is 2. The number of pyridine rings is 1. The molecule has 1 aromatic carbocycles. The second-order valence-corrected chi connectivity index (χ2v) is 7.50. The van der Waals surface area contributed by atoms with Gasteiger partial charge in [-0.25, -0.2) is 0 Å². The number of carbonyl (C=O) groups is 1. The normalized spacial score (nSPS) is 19.9. The third-order valence-electron chi connectivity index (χ3n) is 5.60. The number of nitrogens with one attached hydrogen (secondary N) is 2. The molecule has 0 saturated carbocycles. The smallest absolute Gasteiger partial charge is 0.252 e. The van der Waals surface area contributed by atoms with E-state index in [9.17, 15) is 19.8 Å². The quantitative estimate of drug-likeness (QED) is 0.767. The number of rotatable bonds is 4. The average Bonchev–Trinajstić information content (AvgIpc) is 2.70. The molecule has 1 aromatic heterocycles. The molecule has 8 heteroatoms. The van der Waals surface area contributed by atoms with E-state index in [1.165, 1.54) is 0 Å². The van der Waals surface area contributed by atoms with Crippen molar-refractivity contribution in [2.75, 3.05) is 6.54 Å². The molecular weight excluding hydrogens is 370 g/mol. The Bertz CT molecular complexity index is 1120. The van der Waals surface area contributed by atoms with E-state index in [0.29, 0.717) is 40.4 Å². The van der Waals surface area contributed by atoms with Crippen molar-refractivity contribution in [1.82, 2.24) is 10.3 Å². The maximum atomic E-state index is 12.6. The first-order valence-corrected chi connectivity index (χ1v) is 9.53. The molecule has 2 unspecified atom stereocenters. The van der Waals surface area contributed by atoms with Gasteiger partial charge < -0.3 is 10.3 Å². The molecule has 0 radical (unpaired) electrons. The minimum absolute atomic E-state index is 0.141. The SMILES string of the molecule is Cc1c(CC(=O)N[C@@H](C)C2CCC(C#N)C[N+]2=O)c(=O)[nH]c2cccc(C#N)c12. The summed E-state index contributed by atoms with van der Waals surface area (Å²) in [7, 11) is 0. The number of H-pyrrole nitrogens is 1. The van der Waals surface area contributed by atoms with Crippen LogP contribution in [0.25, 0.3) is 10.9 Å². The van der Waals surface area contributed by atoms with Gasteiger partial charge in [0.2, 0.25) is 18.5 Å². The first-order chi connectivity index (χ1) is 13.8. The highest BCUT2D eigenvalue weighted by atomic mass is 16.3. The summed E-state index contributed by atoms with van der Waals surface area (Å²) in [5, 5.41) is 21.8. The minimum atomic E-state index is -0.408. The maximum Gasteiger partial charge on any atom is 0.252 e. The van der Waals surface area contributed by atoms with Crippen molar-refractivity contribution in [3.05, 3.63) is 50.2 Å². The number of aromatic amines is 1. The lowest BCUT2D eigenvalue weighted by molar-refractivity contribution is -0.603. The van der Waals surface area contributed by atoms with Crippen molar-refractivity contribution in [1.29, 1.82) is 10.5 Å². The number of nitrogens with zero attached hydrogens (tertiary/aromatic N) is 3. The molecule has 8 nitrogen and oxygen atoms in total. The van der Waals surface area contributed by atoms with Gasteiger partial charge in [-0.3, -0.25) is 9.59 Å². The minimum Gasteiger partial charge on any atom is -0.347 e. The lowest BCUT2D eigenvalue weighted by atomic mass is 9.92. The predicted molar refractivity (Wildman–Crippen MR) is 106 cm³/mol. The molecule has 2 N–H and O–H groups in total. The van der Waals surface area contributed by atoms with E-state index in [-0.39, 0.29) is 30.3 Å². The van der Waals surface area contributed by atoms with Crippen LogP contribution >= 0.6 is 0 Å². The Hall–Kier alpha value is -3.52. The van der Waals surface area contributed by atoms with Gasteiger partial charge in [-0.1, -0.05) is 6.07 Å². The van der Waals surface area contributed by atoms with Crippen LogP contribution < -0.4 is 10.9 Å². The average molecular weight is 392 g/mol. The summed E-state index contributed by atoms with van der Waals surface area (Å²) < 4.78 is 0.871. The Balaban J connectivity index is 1.78. The summed E-state index contributed by atoms with van der Waals surface area (Å²) >= 11 is 0. The molecule has 1 aliphatic rings. The fraction of sp³-hybridized carbons (Fsp3) is 0.429. The number of hydrogen-bond acceptors (Lipinski definition) is 5. The van der Waals surface area contributed by atoms with E-state index in [0.717, 1.165) is 4.76 Å². The molecule has 0 bridgehead atoms. The standard InChI is InChI=1S/C21H21N5O3/c1-12-16(21(28)25-17-5-3-4-15(10-23)20(12)17)8-19(27)24-13(2)18-7-6-14(9-22)11-26(18)29/h3-5,13-14,18H,6-8,11H2,1-2H3,(H-,24,25,27,28)/p+1/t13-,14?,18?/m0/s1. The van der Waals surface area contributed by atoms with Gasteiger partial charge in [-0.2, -0.15) is 10.5 Å². The monoisotopic (exact) mass is 392 g/mol. The van der Waals surface area contributed by atoms with Crippen LogP contribution in [-0.4, -0.2) is 34.3 Å². The summed E-state index contributed by atoms with van der Waals surface area (Å²) in [5.74, 6) is -0.643. The Kier molecular flexibility index (Phi) is 5.74. The molecule has 3 atom stereocenters. The lowest BCUT2D eigenvalue weighted by Crippen LogP contribution is -2.49. The van der Waals surface area contributed by atoms with Gasteiger partial charge >= 0.3 is 0 Å². The van der Waals surface area contributed by atoms with Gasteiger partial charge in [-0.05, 0) is 38.0 Å². The van der Waals surface area contributed by atoms with Crippen LogP contribution in [0, 0.1) is 40.4 Å². The van der Waals surface area contributed by atoms with Crippen LogP contribution in [0.1, 0.15) is 36.5 Å². The van der Waals surface area contributed by atoms with E-state index in [1.807, 2.05) is 0 Å². The number of nitriles is 2. The van der Waals surface area contributed by atoms with Crippen molar-refractivity contribution in [2.45, 2.75) is 45.2 Å². The van der Waals surface area contributed by atoms with Crippen LogP contribution in [0.2, 0.25) is 0 Å². The van der Waals surface area contributed by atoms with Crippen LogP contribution in [0.5, 0.6) is 0 Å². The molecule has 1 fully saturated rings. The molecule has 2 aromatic rings. The molecule has 1 aliphatic heterocycles. The highest BCUT2D eigenvalue weighted by molar-refractivity contribution is 5.90. The van der Waals surface area contributed by atoms with E-state index >= 15 is 0 Å². The third-order valence-corrected chi connectivity index (χ3v) is 5.60. The first kappa shape index (κ1) is 20.2. The third kappa shape index (κ3) is 4.02. The molecule has 0 spiro atoms. The number of aryl methyl sites for hydroxylation is 1. The highest BCUT2D eigenvalue weighted by Gasteiger charge is 2.39. The van der Waals surface area contributed by atoms with Gasteiger partial charge in [0.15, 0.2) is 0 Å². The van der Waals surface area contributed by atoms with E-state index in [1.54, 1.807) is 32.0 Å². The molecule has 1 saturated heterocycles. The Labute approximate surface area is 167 Å². The summed E-state index contributed by atoms with van der Waals surface area (Å²) in [6, 6.07) is 8.50. The van der Waals surface area contributed by atoms with Crippen molar-refractivity contribution in [3.63, 3.8) is 0 Å². The number of nitroso groups, excluding NO2 is 1. The predicted octanol–water partition coefficient (Wildman–Crippen LogP) is 1.84. The van der Waals surface area contributed by atoms with Crippen LogP contribution in [-0.2, 0) is 11.2 Å². The molecule has 148 valence electrons. The largest absolute Gasteiger partial charge is 0.347 e. The Morgan fingerprint density at radius 2 is 2.14 bits per heavy atom. The summed E-state index contributed by atoms with van der Waals surface area (Å²) in [4.78, 5) is 40.0. The molecule has 2 heterocycles. The lowest BCUT2D eigenvalue weighted by Gasteiger charge is -2.23. The Morgan fingerprint density at radius 3 is 2.79 bits per heavy atom. The van der Waals surface area contributed by atoms with Crippen molar-refractivity contribution >= 4 is 16.8 Å².